The van der Waals surface area contributed by atoms with Crippen molar-refractivity contribution >= 4 is 5.78 Å². The number of aromatic hydroxyl groups is 1. The van der Waals surface area contributed by atoms with Gasteiger partial charge in [0.15, 0.2) is 23.6 Å². The Bertz CT molecular complexity index is 1390. The molecular weight excluding hydrogens is 624 g/mol. The lowest BCUT2D eigenvalue weighted by atomic mass is 9.78. The fourth-order valence-corrected chi connectivity index (χ4v) is 6.06. The molecule has 0 amide bonds. The van der Waals surface area contributed by atoms with Crippen LogP contribution in [0.1, 0.15) is 45.3 Å². The molecule has 0 aromatic heterocycles. The van der Waals surface area contributed by atoms with E-state index < -0.39 is 109 Å². The van der Waals surface area contributed by atoms with Crippen molar-refractivity contribution in [3.8, 4) is 5.75 Å². The van der Waals surface area contributed by atoms with E-state index in [4.69, 9.17) is 23.7 Å². The topological polar surface area (TPSA) is 245 Å². The fourth-order valence-electron chi connectivity index (χ4n) is 6.06. The van der Waals surface area contributed by atoms with Crippen LogP contribution in [0.3, 0.4) is 0 Å². The van der Waals surface area contributed by atoms with Gasteiger partial charge in [-0.25, -0.2) is 0 Å². The summed E-state index contributed by atoms with van der Waals surface area (Å²) >= 11 is 0. The van der Waals surface area contributed by atoms with E-state index in [2.05, 4.69) is 0 Å². The minimum absolute atomic E-state index is 0.0206. The molecule has 13 atom stereocenters. The van der Waals surface area contributed by atoms with E-state index in [1.165, 1.54) is 19.1 Å². The molecule has 0 saturated carbocycles. The van der Waals surface area contributed by atoms with Gasteiger partial charge in [-0.15, -0.1) is 0 Å². The van der Waals surface area contributed by atoms with Gasteiger partial charge in [-0.3, -0.25) is 4.79 Å². The minimum atomic E-state index is -1.91. The summed E-state index contributed by atoms with van der Waals surface area (Å²) in [4.78, 5) is 13.8. The van der Waals surface area contributed by atoms with Gasteiger partial charge in [0, 0.05) is 12.0 Å². The summed E-state index contributed by atoms with van der Waals surface area (Å²) in [6, 6.07) is 6.09. The molecule has 3 aliphatic heterocycles. The molecule has 47 heavy (non-hydrogen) atoms. The standard InChI is InChI=1S/C32H42O15/c1-12(2)4-9-16-22(36)26(40)30(20-17(34)10-18(45-29(16)20)14-5-7-15(33)8-6-14)47-32-28(42)25(39)23(37)19(46-32)11-43-31-27(41)24(38)21(35)13(3)44-31/h4-8,13,18-21,23-25,27-29,31-33,35-42H,9-11H2,1-3H3. The van der Waals surface area contributed by atoms with Gasteiger partial charge in [0.05, 0.1) is 18.8 Å². The van der Waals surface area contributed by atoms with Crippen LogP contribution in [0.25, 0.3) is 0 Å². The average molecular weight is 667 g/mol. The maximum atomic E-state index is 13.8. The Labute approximate surface area is 270 Å². The highest BCUT2D eigenvalue weighted by atomic mass is 16.7. The Kier molecular flexibility index (Phi) is 10.6. The summed E-state index contributed by atoms with van der Waals surface area (Å²) in [5.41, 5.74) is 1.69. The van der Waals surface area contributed by atoms with Gasteiger partial charge < -0.3 is 69.6 Å². The molecule has 9 N–H and O–H groups in total. The number of allylic oxidation sites excluding steroid dienone is 2. The van der Waals surface area contributed by atoms with Crippen molar-refractivity contribution in [3.05, 3.63) is 64.3 Å². The van der Waals surface area contributed by atoms with Gasteiger partial charge in [-0.05, 0) is 44.9 Å². The van der Waals surface area contributed by atoms with Gasteiger partial charge in [-0.2, -0.15) is 0 Å². The normalized spacial score (nSPS) is 39.4. The third-order valence-corrected chi connectivity index (χ3v) is 8.87. The van der Waals surface area contributed by atoms with E-state index in [9.17, 15) is 50.8 Å². The average Bonchev–Trinajstić information content (AvgIpc) is 3.03. The van der Waals surface area contributed by atoms with Gasteiger partial charge in [-0.1, -0.05) is 23.8 Å². The van der Waals surface area contributed by atoms with Crippen LogP contribution in [-0.2, 0) is 28.5 Å². The molecule has 1 aromatic rings. The highest BCUT2D eigenvalue weighted by Gasteiger charge is 2.52. The molecule has 15 nitrogen and oxygen atoms in total. The van der Waals surface area contributed by atoms with Crippen LogP contribution in [-0.4, -0.2) is 126 Å². The van der Waals surface area contributed by atoms with Crippen molar-refractivity contribution in [1.82, 2.24) is 0 Å². The van der Waals surface area contributed by atoms with Crippen molar-refractivity contribution in [1.29, 1.82) is 0 Å². The van der Waals surface area contributed by atoms with E-state index in [-0.39, 0.29) is 24.2 Å². The van der Waals surface area contributed by atoms with Crippen molar-refractivity contribution in [2.24, 2.45) is 5.92 Å². The number of ether oxygens (including phenoxy) is 5. The number of aliphatic hydroxyl groups excluding tert-OH is 8. The Morgan fingerprint density at radius 1 is 0.830 bits per heavy atom. The summed E-state index contributed by atoms with van der Waals surface area (Å²) in [5, 5.41) is 94.3. The summed E-state index contributed by atoms with van der Waals surface area (Å²) in [6.07, 6.45) is -15.9. The molecule has 4 aliphatic rings. The number of phenols is 1. The number of Topliss-reactive ketones (excluding diaryl/α,β-unsaturated/α-hetero) is 1. The highest BCUT2D eigenvalue weighted by Crippen LogP contribution is 2.46. The largest absolute Gasteiger partial charge is 0.508 e. The van der Waals surface area contributed by atoms with Gasteiger partial charge in [0.1, 0.15) is 66.3 Å². The van der Waals surface area contributed by atoms with E-state index in [1.54, 1.807) is 18.2 Å². The number of rotatable bonds is 8. The van der Waals surface area contributed by atoms with Gasteiger partial charge >= 0.3 is 0 Å². The van der Waals surface area contributed by atoms with Crippen LogP contribution in [0.4, 0.5) is 0 Å². The molecule has 0 radical (unpaired) electrons. The Morgan fingerprint density at radius 3 is 2.13 bits per heavy atom. The SMILES string of the molecule is CC(C)=CCC1=C(O)C(O)=C(OC2OC(COC3OC(C)C(O)C(O)C3O)C(O)C(O)C2O)C2C(=O)CC(c3ccc(O)cc3)OC12. The number of hydrogen-bond donors (Lipinski definition) is 9. The molecule has 1 aliphatic carbocycles. The molecule has 260 valence electrons. The number of benzene rings is 1. The first kappa shape index (κ1) is 35.2. The molecule has 0 bridgehead atoms. The van der Waals surface area contributed by atoms with Crippen LogP contribution in [0.5, 0.6) is 5.75 Å². The molecule has 13 unspecified atom stereocenters. The lowest BCUT2D eigenvalue weighted by Crippen LogP contribution is -2.61. The summed E-state index contributed by atoms with van der Waals surface area (Å²) in [5.74, 6) is -3.60. The second-order valence-electron chi connectivity index (χ2n) is 12.5. The maximum absolute atomic E-state index is 13.8. The lowest BCUT2D eigenvalue weighted by Gasteiger charge is -2.44. The van der Waals surface area contributed by atoms with E-state index in [0.29, 0.717) is 5.56 Å². The van der Waals surface area contributed by atoms with Crippen molar-refractivity contribution in [2.45, 2.75) is 107 Å². The smallest absolute Gasteiger partial charge is 0.228 e. The quantitative estimate of drug-likeness (QED) is 0.166. The molecule has 3 fully saturated rings. The first-order valence-electron chi connectivity index (χ1n) is 15.3. The summed E-state index contributed by atoms with van der Waals surface area (Å²) < 4.78 is 28.8. The van der Waals surface area contributed by atoms with E-state index in [1.807, 2.05) is 13.8 Å². The van der Waals surface area contributed by atoms with E-state index in [0.717, 1.165) is 5.57 Å². The molecule has 3 saturated heterocycles. The van der Waals surface area contributed by atoms with E-state index >= 15 is 0 Å². The predicted octanol–water partition coefficient (Wildman–Crippen LogP) is 0.0274. The van der Waals surface area contributed by atoms with Gasteiger partial charge in [0.25, 0.3) is 0 Å². The number of carbonyl (C=O) groups excluding carboxylic acids is 1. The molecule has 5 rings (SSSR count). The van der Waals surface area contributed by atoms with Crippen LogP contribution in [0, 0.1) is 5.92 Å². The van der Waals surface area contributed by atoms with Crippen LogP contribution >= 0.6 is 0 Å². The minimum Gasteiger partial charge on any atom is -0.508 e. The Balaban J connectivity index is 1.40. The molecular formula is C32H42O15. The molecule has 1 aromatic carbocycles. The fraction of sp³-hybridized carbons (Fsp3) is 0.594. The molecule has 3 heterocycles. The number of carbonyl (C=O) groups is 1. The zero-order valence-electron chi connectivity index (χ0n) is 26.0. The number of hydrogen-bond acceptors (Lipinski definition) is 15. The lowest BCUT2D eigenvalue weighted by molar-refractivity contribution is -0.325. The van der Waals surface area contributed by atoms with Crippen LogP contribution < -0.4 is 0 Å². The third kappa shape index (κ3) is 7.05. The van der Waals surface area contributed by atoms with Gasteiger partial charge in [0.2, 0.25) is 6.29 Å². The van der Waals surface area contributed by atoms with Crippen LogP contribution in [0.2, 0.25) is 0 Å². The Hall–Kier alpha value is -3.09. The first-order valence-corrected chi connectivity index (χ1v) is 15.3. The molecule has 15 heteroatoms. The zero-order chi connectivity index (χ0) is 34.3. The number of fused-ring (bicyclic) bond motifs is 1. The van der Waals surface area contributed by atoms with Crippen LogP contribution in [0.15, 0.2) is 58.8 Å². The molecule has 0 spiro atoms. The zero-order valence-corrected chi connectivity index (χ0v) is 26.0. The summed E-state index contributed by atoms with van der Waals surface area (Å²) in [7, 11) is 0. The van der Waals surface area contributed by atoms with Crippen molar-refractivity contribution < 1.29 is 74.4 Å². The second kappa shape index (κ2) is 14.2. The first-order chi connectivity index (χ1) is 22.2. The Morgan fingerprint density at radius 2 is 1.47 bits per heavy atom. The van der Waals surface area contributed by atoms with Crippen molar-refractivity contribution in [2.75, 3.05) is 6.61 Å². The number of ketones is 1. The third-order valence-electron chi connectivity index (χ3n) is 8.87. The number of aliphatic hydroxyl groups is 8. The highest BCUT2D eigenvalue weighted by molar-refractivity contribution is 5.86. The van der Waals surface area contributed by atoms with Crippen molar-refractivity contribution in [3.63, 3.8) is 0 Å². The number of phenolic OH excluding ortho intramolecular Hbond substituents is 1. The predicted molar refractivity (Wildman–Crippen MR) is 158 cm³/mol. The monoisotopic (exact) mass is 666 g/mol. The maximum Gasteiger partial charge on any atom is 0.228 e. The summed E-state index contributed by atoms with van der Waals surface area (Å²) in [6.45, 7) is 4.56. The second-order valence-corrected chi connectivity index (χ2v) is 12.5.